The van der Waals surface area contributed by atoms with Crippen molar-refractivity contribution in [2.45, 2.75) is 32.6 Å². The van der Waals surface area contributed by atoms with Crippen LogP contribution in [0.4, 0.5) is 0 Å². The molecule has 0 bridgehead atoms. The molecule has 144 valence electrons. The molecule has 0 saturated carbocycles. The highest BCUT2D eigenvalue weighted by Gasteiger charge is 2.33. The fraction of sp³-hybridized carbons (Fsp3) is 0.364. The molecule has 0 aliphatic carbocycles. The molecule has 27 heavy (non-hydrogen) atoms. The number of aliphatic carboxylic acids is 1. The summed E-state index contributed by atoms with van der Waals surface area (Å²) in [5, 5.41) is 12.4. The van der Waals surface area contributed by atoms with Gasteiger partial charge in [0, 0.05) is 12.1 Å². The van der Waals surface area contributed by atoms with Gasteiger partial charge in [0.25, 0.3) is 0 Å². The van der Waals surface area contributed by atoms with Gasteiger partial charge in [-0.25, -0.2) is 0 Å². The summed E-state index contributed by atoms with van der Waals surface area (Å²) in [6.07, 6.45) is 0.367. The molecule has 0 spiro atoms. The normalized spacial score (nSPS) is 12.3. The Morgan fingerprint density at radius 3 is 2.48 bits per heavy atom. The minimum absolute atomic E-state index is 0.0701. The molecule has 1 amide bonds. The largest absolute Gasteiger partial charge is 0.496 e. The Labute approximate surface area is 160 Å². The van der Waals surface area contributed by atoms with Crippen LogP contribution < -0.4 is 10.1 Å². The molecule has 5 nitrogen and oxygen atoms in total. The minimum atomic E-state index is -0.924. The number of para-hydroxylation sites is 1. The smallest absolute Gasteiger partial charge is 0.308 e. The Kier molecular flexibility index (Phi) is 6.61. The van der Waals surface area contributed by atoms with Crippen molar-refractivity contribution < 1.29 is 19.4 Å². The zero-order valence-corrected chi connectivity index (χ0v) is 16.3. The maximum absolute atomic E-state index is 12.8. The molecule has 2 aromatic carbocycles. The Morgan fingerprint density at radius 2 is 1.85 bits per heavy atom. The molecule has 0 aliphatic rings. The summed E-state index contributed by atoms with van der Waals surface area (Å²) < 4.78 is 5.36. The van der Waals surface area contributed by atoms with Crippen LogP contribution in [0.1, 0.15) is 30.5 Å². The number of benzene rings is 2. The summed E-state index contributed by atoms with van der Waals surface area (Å²) >= 11 is 0. The summed E-state index contributed by atoms with van der Waals surface area (Å²) in [5.74, 6) is -1.22. The van der Waals surface area contributed by atoms with Crippen molar-refractivity contribution in [3.8, 4) is 5.75 Å². The van der Waals surface area contributed by atoms with E-state index in [1.165, 1.54) is 0 Å². The number of methoxy groups -OCH3 is 1. The van der Waals surface area contributed by atoms with Gasteiger partial charge in [-0.05, 0) is 38.8 Å². The van der Waals surface area contributed by atoms with Crippen LogP contribution in [0.5, 0.6) is 5.75 Å². The van der Waals surface area contributed by atoms with E-state index in [2.05, 4.69) is 5.32 Å². The molecule has 0 heterocycles. The maximum Gasteiger partial charge on any atom is 0.308 e. The molecule has 5 heteroatoms. The molecule has 0 fully saturated rings. The van der Waals surface area contributed by atoms with Crippen molar-refractivity contribution >= 4 is 11.9 Å². The van der Waals surface area contributed by atoms with Gasteiger partial charge >= 0.3 is 5.97 Å². The lowest BCUT2D eigenvalue weighted by Crippen LogP contribution is -2.43. The van der Waals surface area contributed by atoms with Gasteiger partial charge < -0.3 is 15.2 Å². The quantitative estimate of drug-likeness (QED) is 0.748. The molecule has 1 atom stereocenters. The monoisotopic (exact) mass is 369 g/mol. The van der Waals surface area contributed by atoms with Gasteiger partial charge in [0.2, 0.25) is 5.91 Å². The lowest BCUT2D eigenvalue weighted by Gasteiger charge is -2.26. The number of nitrogens with one attached hydrogen (secondary N) is 1. The van der Waals surface area contributed by atoms with E-state index in [1.807, 2.05) is 55.5 Å². The van der Waals surface area contributed by atoms with Crippen LogP contribution in [0.2, 0.25) is 0 Å². The van der Waals surface area contributed by atoms with Crippen LogP contribution in [0.15, 0.2) is 48.5 Å². The minimum Gasteiger partial charge on any atom is -0.496 e. The second-order valence-corrected chi connectivity index (χ2v) is 7.26. The van der Waals surface area contributed by atoms with Gasteiger partial charge in [0.1, 0.15) is 5.75 Å². The van der Waals surface area contributed by atoms with E-state index in [0.717, 1.165) is 16.7 Å². The highest BCUT2D eigenvalue weighted by atomic mass is 16.5. The Hall–Kier alpha value is -2.82. The number of carbonyl (C=O) groups excluding carboxylic acids is 1. The standard InChI is InChI=1S/C22H27NO4/c1-15-8-7-9-16(12-15)13-17(20(24)25)14-23-21(26)22(2,3)18-10-5-6-11-19(18)27-4/h5-12,17H,13-14H2,1-4H3,(H,23,26)(H,24,25). The molecule has 0 saturated heterocycles. The molecular formula is C22H27NO4. The van der Waals surface area contributed by atoms with Crippen molar-refractivity contribution in [3.63, 3.8) is 0 Å². The van der Waals surface area contributed by atoms with Gasteiger partial charge in [-0.1, -0.05) is 48.0 Å². The molecule has 2 rings (SSSR count). The SMILES string of the molecule is COc1ccccc1C(C)(C)C(=O)NCC(Cc1cccc(C)c1)C(=O)O. The summed E-state index contributed by atoms with van der Waals surface area (Å²) in [4.78, 5) is 24.5. The summed E-state index contributed by atoms with van der Waals surface area (Å²) in [6.45, 7) is 5.64. The van der Waals surface area contributed by atoms with Crippen LogP contribution in [0.25, 0.3) is 0 Å². The average molecular weight is 369 g/mol. The van der Waals surface area contributed by atoms with E-state index in [1.54, 1.807) is 21.0 Å². The second-order valence-electron chi connectivity index (χ2n) is 7.26. The third-order valence-corrected chi connectivity index (χ3v) is 4.77. The number of carbonyl (C=O) groups is 2. The van der Waals surface area contributed by atoms with Crippen LogP contribution in [0.3, 0.4) is 0 Å². The maximum atomic E-state index is 12.8. The topological polar surface area (TPSA) is 75.6 Å². The van der Waals surface area contributed by atoms with Crippen LogP contribution in [-0.2, 0) is 21.4 Å². The average Bonchev–Trinajstić information content (AvgIpc) is 2.64. The molecular weight excluding hydrogens is 342 g/mol. The van der Waals surface area contributed by atoms with Crippen molar-refractivity contribution in [2.75, 3.05) is 13.7 Å². The van der Waals surface area contributed by atoms with Crippen LogP contribution in [0, 0.1) is 12.8 Å². The molecule has 0 aromatic heterocycles. The number of hydrogen-bond acceptors (Lipinski definition) is 3. The number of carboxylic acid groups (broad SMARTS) is 1. The molecule has 0 radical (unpaired) electrons. The Morgan fingerprint density at radius 1 is 1.15 bits per heavy atom. The van der Waals surface area contributed by atoms with Crippen molar-refractivity contribution in [1.29, 1.82) is 0 Å². The van der Waals surface area contributed by atoms with Crippen LogP contribution >= 0.6 is 0 Å². The van der Waals surface area contributed by atoms with Gasteiger partial charge in [-0.3, -0.25) is 9.59 Å². The summed E-state index contributed by atoms with van der Waals surface area (Å²) in [7, 11) is 1.56. The van der Waals surface area contributed by atoms with Gasteiger partial charge in [0.05, 0.1) is 18.4 Å². The lowest BCUT2D eigenvalue weighted by molar-refractivity contribution is -0.141. The Bertz CT molecular complexity index is 813. The van der Waals surface area contributed by atoms with Gasteiger partial charge in [-0.15, -0.1) is 0 Å². The zero-order chi connectivity index (χ0) is 20.0. The highest BCUT2D eigenvalue weighted by Crippen LogP contribution is 2.31. The lowest BCUT2D eigenvalue weighted by atomic mass is 9.83. The number of hydrogen-bond donors (Lipinski definition) is 2. The van der Waals surface area contributed by atoms with E-state index >= 15 is 0 Å². The predicted molar refractivity (Wildman–Crippen MR) is 105 cm³/mol. The first-order valence-electron chi connectivity index (χ1n) is 8.96. The number of amides is 1. The Balaban J connectivity index is 2.09. The van der Waals surface area contributed by atoms with Gasteiger partial charge in [-0.2, -0.15) is 0 Å². The van der Waals surface area contributed by atoms with Crippen molar-refractivity contribution in [2.24, 2.45) is 5.92 Å². The van der Waals surface area contributed by atoms with Crippen molar-refractivity contribution in [1.82, 2.24) is 5.32 Å². The fourth-order valence-electron chi connectivity index (χ4n) is 3.09. The number of rotatable bonds is 8. The first-order valence-corrected chi connectivity index (χ1v) is 8.96. The van der Waals surface area contributed by atoms with Crippen LogP contribution in [-0.4, -0.2) is 30.6 Å². The van der Waals surface area contributed by atoms with E-state index < -0.39 is 17.3 Å². The number of aryl methyl sites for hydroxylation is 1. The molecule has 1 unspecified atom stereocenters. The predicted octanol–water partition coefficient (Wildman–Crippen LogP) is 3.34. The molecule has 2 aromatic rings. The first-order chi connectivity index (χ1) is 12.8. The zero-order valence-electron chi connectivity index (χ0n) is 16.3. The molecule has 0 aliphatic heterocycles. The highest BCUT2D eigenvalue weighted by molar-refractivity contribution is 5.88. The third-order valence-electron chi connectivity index (χ3n) is 4.77. The number of ether oxygens (including phenoxy) is 1. The van der Waals surface area contributed by atoms with Crippen molar-refractivity contribution in [3.05, 3.63) is 65.2 Å². The van der Waals surface area contributed by atoms with E-state index in [4.69, 9.17) is 4.74 Å². The van der Waals surface area contributed by atoms with E-state index in [9.17, 15) is 14.7 Å². The van der Waals surface area contributed by atoms with Gasteiger partial charge in [0.15, 0.2) is 0 Å². The third kappa shape index (κ3) is 5.09. The molecule has 2 N–H and O–H groups in total. The van der Waals surface area contributed by atoms with E-state index in [0.29, 0.717) is 12.2 Å². The summed E-state index contributed by atoms with van der Waals surface area (Å²) in [5.41, 5.74) is 1.94. The fourth-order valence-corrected chi connectivity index (χ4v) is 3.09. The summed E-state index contributed by atoms with van der Waals surface area (Å²) in [6, 6.07) is 15.1. The van der Waals surface area contributed by atoms with E-state index in [-0.39, 0.29) is 12.5 Å². The second kappa shape index (κ2) is 8.71. The number of carboxylic acids is 1. The first kappa shape index (κ1) is 20.5.